The second-order valence-corrected chi connectivity index (χ2v) is 5.69. The number of nitrogens with zero attached hydrogens (tertiary/aromatic N) is 1. The van der Waals surface area contributed by atoms with Gasteiger partial charge in [0, 0.05) is 33.4 Å². The van der Waals surface area contributed by atoms with E-state index in [1.165, 1.54) is 0 Å². The number of amides is 1. The number of guanidine groups is 1. The number of ether oxygens (including phenoxy) is 3. The maximum atomic E-state index is 11.8. The Morgan fingerprint density at radius 3 is 2.43 bits per heavy atom. The number of halogens is 1. The minimum atomic E-state index is -0.111. The van der Waals surface area contributed by atoms with Crippen molar-refractivity contribution in [2.45, 2.75) is 19.9 Å². The molecule has 0 saturated carbocycles. The maximum Gasteiger partial charge on any atom is 0.239 e. The van der Waals surface area contributed by atoms with Crippen molar-refractivity contribution in [1.29, 1.82) is 0 Å². The standard InChI is InChI=1S/C19H32N4O4.HI/c1-4-27-12-5-10-21-19(23-15-18(24)20-11-13-25-2)22-14-16-6-8-17(26-3)9-7-16;/h6-9H,4-5,10-15H2,1-3H3,(H,20,24)(H2,21,22,23);1H. The maximum absolute atomic E-state index is 11.8. The lowest BCUT2D eigenvalue weighted by molar-refractivity contribution is -0.120. The fourth-order valence-electron chi connectivity index (χ4n) is 2.12. The molecule has 0 aliphatic rings. The molecule has 1 aromatic carbocycles. The van der Waals surface area contributed by atoms with Gasteiger partial charge in [0.15, 0.2) is 5.96 Å². The van der Waals surface area contributed by atoms with E-state index >= 15 is 0 Å². The number of aliphatic imine (C=N–C) groups is 1. The van der Waals surface area contributed by atoms with Crippen molar-refractivity contribution in [3.8, 4) is 5.75 Å². The Balaban J connectivity index is 0.00000729. The first kappa shape index (κ1) is 26.4. The molecule has 0 atom stereocenters. The van der Waals surface area contributed by atoms with Crippen LogP contribution in [-0.2, 0) is 20.8 Å². The molecule has 28 heavy (non-hydrogen) atoms. The molecular formula is C19H33IN4O4. The molecule has 1 amide bonds. The molecule has 0 aliphatic heterocycles. The van der Waals surface area contributed by atoms with Gasteiger partial charge in [0.25, 0.3) is 0 Å². The summed E-state index contributed by atoms with van der Waals surface area (Å²) in [6.07, 6.45) is 0.858. The van der Waals surface area contributed by atoms with E-state index < -0.39 is 0 Å². The Hall–Kier alpha value is -1.59. The van der Waals surface area contributed by atoms with Crippen LogP contribution in [0.2, 0.25) is 0 Å². The zero-order chi connectivity index (χ0) is 19.7. The van der Waals surface area contributed by atoms with Crippen molar-refractivity contribution in [3.63, 3.8) is 0 Å². The van der Waals surface area contributed by atoms with Gasteiger partial charge in [-0.1, -0.05) is 12.1 Å². The number of methoxy groups -OCH3 is 2. The molecule has 0 spiro atoms. The smallest absolute Gasteiger partial charge is 0.239 e. The van der Waals surface area contributed by atoms with E-state index in [0.29, 0.717) is 45.4 Å². The number of benzene rings is 1. The van der Waals surface area contributed by atoms with E-state index in [-0.39, 0.29) is 36.4 Å². The van der Waals surface area contributed by atoms with E-state index in [1.807, 2.05) is 31.2 Å². The zero-order valence-corrected chi connectivity index (χ0v) is 19.3. The average Bonchev–Trinajstić information content (AvgIpc) is 2.69. The summed E-state index contributed by atoms with van der Waals surface area (Å²) in [5.41, 5.74) is 1.05. The third kappa shape index (κ3) is 12.7. The van der Waals surface area contributed by atoms with E-state index in [9.17, 15) is 4.79 Å². The van der Waals surface area contributed by atoms with E-state index in [4.69, 9.17) is 14.2 Å². The third-order valence-electron chi connectivity index (χ3n) is 3.59. The lowest BCUT2D eigenvalue weighted by atomic mass is 10.2. The summed E-state index contributed by atoms with van der Waals surface area (Å²) in [6, 6.07) is 7.73. The number of rotatable bonds is 13. The van der Waals surface area contributed by atoms with Crippen LogP contribution in [-0.4, -0.2) is 65.5 Å². The first-order valence-electron chi connectivity index (χ1n) is 9.18. The number of hydrogen-bond donors (Lipinski definition) is 3. The van der Waals surface area contributed by atoms with Crippen LogP contribution in [0.4, 0.5) is 0 Å². The van der Waals surface area contributed by atoms with Crippen molar-refractivity contribution in [2.24, 2.45) is 4.99 Å². The van der Waals surface area contributed by atoms with Gasteiger partial charge in [-0.2, -0.15) is 0 Å². The van der Waals surface area contributed by atoms with Gasteiger partial charge in [0.1, 0.15) is 5.75 Å². The SMILES string of the molecule is CCOCCCNC(=NCc1ccc(OC)cc1)NCC(=O)NCCOC.I. The largest absolute Gasteiger partial charge is 0.497 e. The highest BCUT2D eigenvalue weighted by atomic mass is 127. The fraction of sp³-hybridized carbons (Fsp3) is 0.579. The molecule has 1 rings (SSSR count). The van der Waals surface area contributed by atoms with Crippen LogP contribution in [0, 0.1) is 0 Å². The molecule has 3 N–H and O–H groups in total. The van der Waals surface area contributed by atoms with Gasteiger partial charge in [-0.25, -0.2) is 4.99 Å². The molecular weight excluding hydrogens is 475 g/mol. The highest BCUT2D eigenvalue weighted by Gasteiger charge is 2.04. The minimum Gasteiger partial charge on any atom is -0.497 e. The van der Waals surface area contributed by atoms with Gasteiger partial charge in [0.2, 0.25) is 5.91 Å². The molecule has 0 saturated heterocycles. The molecule has 0 bridgehead atoms. The third-order valence-corrected chi connectivity index (χ3v) is 3.59. The molecule has 0 unspecified atom stereocenters. The van der Waals surface area contributed by atoms with Crippen molar-refractivity contribution in [3.05, 3.63) is 29.8 Å². The zero-order valence-electron chi connectivity index (χ0n) is 17.0. The quantitative estimate of drug-likeness (QED) is 0.162. The molecule has 0 heterocycles. The Morgan fingerprint density at radius 2 is 1.79 bits per heavy atom. The predicted octanol–water partition coefficient (Wildman–Crippen LogP) is 1.54. The first-order valence-corrected chi connectivity index (χ1v) is 9.18. The molecule has 160 valence electrons. The van der Waals surface area contributed by atoms with E-state index in [2.05, 4.69) is 20.9 Å². The van der Waals surface area contributed by atoms with E-state index in [0.717, 1.165) is 17.7 Å². The number of carbonyl (C=O) groups is 1. The van der Waals surface area contributed by atoms with Crippen LogP contribution in [0.1, 0.15) is 18.9 Å². The van der Waals surface area contributed by atoms with Gasteiger partial charge in [-0.15, -0.1) is 24.0 Å². The summed E-state index contributed by atoms with van der Waals surface area (Å²) >= 11 is 0. The number of hydrogen-bond acceptors (Lipinski definition) is 5. The van der Waals surface area contributed by atoms with Crippen LogP contribution in [0.25, 0.3) is 0 Å². The van der Waals surface area contributed by atoms with Crippen LogP contribution >= 0.6 is 24.0 Å². The first-order chi connectivity index (χ1) is 13.2. The van der Waals surface area contributed by atoms with Gasteiger partial charge in [0.05, 0.1) is 26.8 Å². The van der Waals surface area contributed by atoms with Crippen molar-refractivity contribution in [1.82, 2.24) is 16.0 Å². The second kappa shape index (κ2) is 17.5. The van der Waals surface area contributed by atoms with E-state index in [1.54, 1.807) is 14.2 Å². The highest BCUT2D eigenvalue weighted by Crippen LogP contribution is 2.11. The second-order valence-electron chi connectivity index (χ2n) is 5.69. The Morgan fingerprint density at radius 1 is 1.04 bits per heavy atom. The van der Waals surface area contributed by atoms with Crippen molar-refractivity contribution in [2.75, 3.05) is 53.7 Å². The van der Waals surface area contributed by atoms with Gasteiger partial charge in [-0.3, -0.25) is 4.79 Å². The Kier molecular flexibility index (Phi) is 16.5. The minimum absolute atomic E-state index is 0. The summed E-state index contributed by atoms with van der Waals surface area (Å²) in [7, 11) is 3.24. The highest BCUT2D eigenvalue weighted by molar-refractivity contribution is 14.0. The molecule has 8 nitrogen and oxygen atoms in total. The molecule has 0 aliphatic carbocycles. The lowest BCUT2D eigenvalue weighted by Crippen LogP contribution is -2.44. The van der Waals surface area contributed by atoms with Crippen molar-refractivity contribution >= 4 is 35.8 Å². The fourth-order valence-corrected chi connectivity index (χ4v) is 2.12. The van der Waals surface area contributed by atoms with Crippen molar-refractivity contribution < 1.29 is 19.0 Å². The van der Waals surface area contributed by atoms with Gasteiger partial charge < -0.3 is 30.2 Å². The average molecular weight is 508 g/mol. The van der Waals surface area contributed by atoms with Crippen LogP contribution in [0.15, 0.2) is 29.3 Å². The Labute approximate surface area is 184 Å². The van der Waals surface area contributed by atoms with Gasteiger partial charge >= 0.3 is 0 Å². The molecule has 9 heteroatoms. The topological polar surface area (TPSA) is 93.2 Å². The molecule has 0 radical (unpaired) electrons. The summed E-state index contributed by atoms with van der Waals surface area (Å²) in [6.45, 7) is 5.68. The van der Waals surface area contributed by atoms with Crippen LogP contribution < -0.4 is 20.7 Å². The summed E-state index contributed by atoms with van der Waals surface area (Å²) in [4.78, 5) is 16.4. The van der Waals surface area contributed by atoms with Gasteiger partial charge in [-0.05, 0) is 31.0 Å². The monoisotopic (exact) mass is 508 g/mol. The summed E-state index contributed by atoms with van der Waals surface area (Å²) in [5.74, 6) is 1.28. The normalized spacial score (nSPS) is 10.8. The summed E-state index contributed by atoms with van der Waals surface area (Å²) < 4.78 is 15.4. The number of carbonyl (C=O) groups excluding carboxylic acids is 1. The molecule has 0 fully saturated rings. The lowest BCUT2D eigenvalue weighted by Gasteiger charge is -2.13. The van der Waals surface area contributed by atoms with Crippen LogP contribution in [0.3, 0.4) is 0 Å². The number of nitrogens with one attached hydrogen (secondary N) is 3. The van der Waals surface area contributed by atoms with Crippen LogP contribution in [0.5, 0.6) is 5.75 Å². The Bertz CT molecular complexity index is 555. The summed E-state index contributed by atoms with van der Waals surface area (Å²) in [5, 5.41) is 9.04. The molecule has 0 aromatic heterocycles. The predicted molar refractivity (Wildman–Crippen MR) is 122 cm³/mol. The molecule has 1 aromatic rings.